The highest BCUT2D eigenvalue weighted by atomic mass is 16.5. The number of carbonyl (C=O) groups excluding carboxylic acids is 1. The lowest BCUT2D eigenvalue weighted by Crippen LogP contribution is -2.30. The van der Waals surface area contributed by atoms with E-state index in [1.54, 1.807) is 43.4 Å². The van der Waals surface area contributed by atoms with Crippen molar-refractivity contribution >= 4 is 5.91 Å². The van der Waals surface area contributed by atoms with Crippen molar-refractivity contribution in [3.8, 4) is 11.8 Å². The van der Waals surface area contributed by atoms with Crippen molar-refractivity contribution in [2.75, 3.05) is 14.2 Å². The topological polar surface area (TPSA) is 66.5 Å². The van der Waals surface area contributed by atoms with E-state index >= 15 is 0 Å². The van der Waals surface area contributed by atoms with Crippen LogP contribution in [0.1, 0.15) is 22.2 Å². The molecule has 0 saturated carbocycles. The Morgan fingerprint density at radius 1 is 1.40 bits per heavy atom. The van der Waals surface area contributed by atoms with Crippen LogP contribution in [0.15, 0.2) is 47.1 Å². The maximum absolute atomic E-state index is 12.4. The van der Waals surface area contributed by atoms with E-state index < -0.39 is 6.04 Å². The summed E-state index contributed by atoms with van der Waals surface area (Å²) in [6.07, 6.45) is 1.48. The molecule has 1 unspecified atom stereocenters. The minimum Gasteiger partial charge on any atom is -0.497 e. The molecule has 0 saturated heterocycles. The molecule has 0 aliphatic carbocycles. The quantitative estimate of drug-likeness (QED) is 0.856. The van der Waals surface area contributed by atoms with E-state index in [2.05, 4.69) is 6.07 Å². The van der Waals surface area contributed by atoms with E-state index in [1.165, 1.54) is 18.3 Å². The molecule has 102 valence electrons. The lowest BCUT2D eigenvalue weighted by atomic mass is 10.1. The number of ether oxygens (including phenoxy) is 1. The van der Waals surface area contributed by atoms with Crippen LogP contribution in [0, 0.1) is 11.3 Å². The van der Waals surface area contributed by atoms with Crippen LogP contribution in [0.4, 0.5) is 0 Å². The second-order valence-electron chi connectivity index (χ2n) is 4.20. The lowest BCUT2D eigenvalue weighted by Gasteiger charge is -2.21. The average molecular weight is 270 g/mol. The second-order valence-corrected chi connectivity index (χ2v) is 4.20. The zero-order valence-electron chi connectivity index (χ0n) is 11.2. The highest BCUT2D eigenvalue weighted by Crippen LogP contribution is 2.22. The van der Waals surface area contributed by atoms with Gasteiger partial charge in [0.15, 0.2) is 6.04 Å². The fourth-order valence-corrected chi connectivity index (χ4v) is 1.86. The maximum atomic E-state index is 12.4. The highest BCUT2D eigenvalue weighted by molar-refractivity contribution is 5.94. The number of hydrogen-bond donors (Lipinski definition) is 0. The standard InChI is InChI=1S/C15H14N2O3/c1-17(13(10-16)14-7-4-8-20-14)15(18)11-5-3-6-12(9-11)19-2/h3-9,13H,1-2H3. The molecule has 0 aliphatic rings. The predicted octanol–water partition coefficient (Wildman–Crippen LogP) is 2.63. The van der Waals surface area contributed by atoms with Gasteiger partial charge in [-0.1, -0.05) is 6.07 Å². The van der Waals surface area contributed by atoms with Gasteiger partial charge in [0.25, 0.3) is 5.91 Å². The van der Waals surface area contributed by atoms with E-state index in [0.717, 1.165) is 0 Å². The molecule has 1 heterocycles. The third-order valence-electron chi connectivity index (χ3n) is 2.96. The van der Waals surface area contributed by atoms with Crippen molar-refractivity contribution in [1.29, 1.82) is 5.26 Å². The molecule has 1 atom stereocenters. The summed E-state index contributed by atoms with van der Waals surface area (Å²) in [5, 5.41) is 9.24. The number of nitriles is 1. The minimum absolute atomic E-state index is 0.271. The van der Waals surface area contributed by atoms with E-state index in [4.69, 9.17) is 9.15 Å². The molecule has 5 heteroatoms. The molecule has 0 bridgehead atoms. The first-order valence-corrected chi connectivity index (χ1v) is 6.01. The summed E-state index contributed by atoms with van der Waals surface area (Å²) < 4.78 is 10.3. The Kier molecular flexibility index (Phi) is 4.06. The SMILES string of the molecule is COc1cccc(C(=O)N(C)C(C#N)c2ccco2)c1. The summed E-state index contributed by atoms with van der Waals surface area (Å²) in [4.78, 5) is 13.7. The first-order valence-electron chi connectivity index (χ1n) is 6.01. The van der Waals surface area contributed by atoms with Gasteiger partial charge in [-0.3, -0.25) is 4.79 Å². The van der Waals surface area contributed by atoms with E-state index in [-0.39, 0.29) is 5.91 Å². The van der Waals surface area contributed by atoms with E-state index in [9.17, 15) is 10.1 Å². The predicted molar refractivity (Wildman–Crippen MR) is 72.1 cm³/mol. The summed E-state index contributed by atoms with van der Waals surface area (Å²) >= 11 is 0. The van der Waals surface area contributed by atoms with Crippen LogP contribution in [0.5, 0.6) is 5.75 Å². The van der Waals surface area contributed by atoms with Crippen LogP contribution in [0.3, 0.4) is 0 Å². The minimum atomic E-state index is -0.760. The summed E-state index contributed by atoms with van der Waals surface area (Å²) in [5.41, 5.74) is 0.457. The van der Waals surface area contributed by atoms with Gasteiger partial charge in [0, 0.05) is 12.6 Å². The molecule has 0 aliphatic heterocycles. The molecule has 0 spiro atoms. The van der Waals surface area contributed by atoms with Crippen LogP contribution in [-0.4, -0.2) is 25.0 Å². The van der Waals surface area contributed by atoms with Gasteiger partial charge in [-0.25, -0.2) is 0 Å². The fourth-order valence-electron chi connectivity index (χ4n) is 1.86. The number of carbonyl (C=O) groups is 1. The monoisotopic (exact) mass is 270 g/mol. The smallest absolute Gasteiger partial charge is 0.255 e. The maximum Gasteiger partial charge on any atom is 0.255 e. The summed E-state index contributed by atoms with van der Waals surface area (Å²) in [7, 11) is 3.10. The molecule has 5 nitrogen and oxygen atoms in total. The van der Waals surface area contributed by atoms with Crippen molar-refractivity contribution in [1.82, 2.24) is 4.90 Å². The van der Waals surface area contributed by atoms with Gasteiger partial charge < -0.3 is 14.1 Å². The summed E-state index contributed by atoms with van der Waals surface area (Å²) in [6, 6.07) is 11.5. The molecule has 1 aromatic carbocycles. The number of hydrogen-bond acceptors (Lipinski definition) is 4. The Hall–Kier alpha value is -2.74. The second kappa shape index (κ2) is 5.93. The Morgan fingerprint density at radius 2 is 2.20 bits per heavy atom. The fraction of sp³-hybridized carbons (Fsp3) is 0.200. The average Bonchev–Trinajstić information content (AvgIpc) is 3.01. The lowest BCUT2D eigenvalue weighted by molar-refractivity contribution is 0.0750. The van der Waals surface area contributed by atoms with Gasteiger partial charge in [0.2, 0.25) is 0 Å². The van der Waals surface area contributed by atoms with Gasteiger partial charge in [-0.15, -0.1) is 0 Å². The van der Waals surface area contributed by atoms with Crippen molar-refractivity contribution in [2.24, 2.45) is 0 Å². The van der Waals surface area contributed by atoms with Gasteiger partial charge in [0.1, 0.15) is 11.5 Å². The Balaban J connectivity index is 2.25. The van der Waals surface area contributed by atoms with Gasteiger partial charge in [-0.05, 0) is 30.3 Å². The van der Waals surface area contributed by atoms with Crippen LogP contribution < -0.4 is 4.74 Å². The van der Waals surface area contributed by atoms with Gasteiger partial charge >= 0.3 is 0 Å². The van der Waals surface area contributed by atoms with E-state index in [1.807, 2.05) is 0 Å². The summed E-state index contributed by atoms with van der Waals surface area (Å²) in [6.45, 7) is 0. The highest BCUT2D eigenvalue weighted by Gasteiger charge is 2.24. The molecule has 20 heavy (non-hydrogen) atoms. The molecular formula is C15H14N2O3. The van der Waals surface area contributed by atoms with Crippen LogP contribution in [-0.2, 0) is 0 Å². The largest absolute Gasteiger partial charge is 0.497 e. The van der Waals surface area contributed by atoms with Gasteiger partial charge in [0.05, 0.1) is 19.4 Å². The molecule has 0 radical (unpaired) electrons. The number of amides is 1. The number of rotatable bonds is 4. The third kappa shape index (κ3) is 2.64. The Bertz CT molecular complexity index is 629. The Labute approximate surface area is 117 Å². The zero-order valence-corrected chi connectivity index (χ0v) is 11.2. The number of furan rings is 1. The number of methoxy groups -OCH3 is 1. The van der Waals surface area contributed by atoms with Crippen molar-refractivity contribution in [3.63, 3.8) is 0 Å². The first-order chi connectivity index (χ1) is 9.67. The van der Waals surface area contributed by atoms with Crippen LogP contribution >= 0.6 is 0 Å². The molecule has 0 fully saturated rings. The first kappa shape index (κ1) is 13.7. The summed E-state index contributed by atoms with van der Waals surface area (Å²) in [5.74, 6) is 0.758. The molecular weight excluding hydrogens is 256 g/mol. The molecule has 2 rings (SSSR count). The molecule has 1 aromatic heterocycles. The number of benzene rings is 1. The molecule has 0 N–H and O–H groups in total. The van der Waals surface area contributed by atoms with Crippen molar-refractivity contribution < 1.29 is 13.9 Å². The molecule has 2 aromatic rings. The molecule has 1 amide bonds. The normalized spacial score (nSPS) is 11.4. The zero-order chi connectivity index (χ0) is 14.5. The van der Waals surface area contributed by atoms with E-state index in [0.29, 0.717) is 17.1 Å². The van der Waals surface area contributed by atoms with Crippen molar-refractivity contribution in [2.45, 2.75) is 6.04 Å². The van der Waals surface area contributed by atoms with Crippen LogP contribution in [0.25, 0.3) is 0 Å². The van der Waals surface area contributed by atoms with Crippen LogP contribution in [0.2, 0.25) is 0 Å². The Morgan fingerprint density at radius 3 is 2.80 bits per heavy atom. The third-order valence-corrected chi connectivity index (χ3v) is 2.96. The van der Waals surface area contributed by atoms with Crippen molar-refractivity contribution in [3.05, 3.63) is 54.0 Å². The number of nitrogens with zero attached hydrogens (tertiary/aromatic N) is 2. The van der Waals surface area contributed by atoms with Gasteiger partial charge in [-0.2, -0.15) is 5.26 Å².